The van der Waals surface area contributed by atoms with Gasteiger partial charge in [-0.15, -0.1) is 35.3 Å². The van der Waals surface area contributed by atoms with E-state index in [1.54, 1.807) is 0 Å². The van der Waals surface area contributed by atoms with Crippen LogP contribution >= 0.6 is 35.3 Å². The number of carboxylic acid groups (broad SMARTS) is 1. The predicted molar refractivity (Wildman–Crippen MR) is 224 cm³/mol. The van der Waals surface area contributed by atoms with Crippen LogP contribution in [-0.4, -0.2) is 248 Å². The Morgan fingerprint density at radius 2 is 0.797 bits per heavy atom. The Morgan fingerprint density at radius 1 is 0.453 bits per heavy atom. The van der Waals surface area contributed by atoms with Gasteiger partial charge in [-0.1, -0.05) is 0 Å². The minimum atomic E-state index is -1.69. The standard InChI is InChI=1S/C36H62N4O21S3/c41-9-17-23(47)26(50)29(53)34(59-17)62-12-20(44)37-7-3-1-5-15(39-22(46)14-64-36-31(55)28(52)25(49)19(11-43)61-36)32(56)40-16(33(57)58)6-2-4-8-38-21(45)13-63-35-30(54)27(51)24(48)18(10-42)60-35/h15-19,23-31,34-36,41-43,47-55H,1-14H2,(H,37,44)(H,38,45)(H,39,46)(H,40,56)(H,57,58)/t15-,16-,17+,18+,19+,23+,24+,25+,26-,27-,28-,29-,30-,31-,34+,35+,36+/m0/s1. The number of thioether (sulfide) groups is 3. The summed E-state index contributed by atoms with van der Waals surface area (Å²) in [4.78, 5) is 63.6. The van der Waals surface area contributed by atoms with E-state index in [9.17, 15) is 90.4 Å². The summed E-state index contributed by atoms with van der Waals surface area (Å²) in [5.41, 5.74) is -3.48. The largest absolute Gasteiger partial charge is 0.480 e. The minimum absolute atomic E-state index is 0.0444. The number of ether oxygens (including phenoxy) is 3. The summed E-state index contributed by atoms with van der Waals surface area (Å²) in [6.07, 6.45) is -17.0. The molecule has 17 N–H and O–H groups in total. The summed E-state index contributed by atoms with van der Waals surface area (Å²) < 4.78 is 16.1. The summed E-state index contributed by atoms with van der Waals surface area (Å²) in [6, 6.07) is -2.73. The van der Waals surface area contributed by atoms with Gasteiger partial charge in [0.15, 0.2) is 0 Å². The zero-order chi connectivity index (χ0) is 47.7. The Labute approximate surface area is 380 Å². The van der Waals surface area contributed by atoms with Crippen LogP contribution in [0, 0.1) is 0 Å². The molecular formula is C36H62N4O21S3. The molecule has 17 atom stereocenters. The Kier molecular flexibility index (Phi) is 24.7. The van der Waals surface area contributed by atoms with Crippen molar-refractivity contribution in [3.8, 4) is 0 Å². The van der Waals surface area contributed by atoms with Gasteiger partial charge in [-0.25, -0.2) is 4.79 Å². The van der Waals surface area contributed by atoms with E-state index in [-0.39, 0.29) is 63.1 Å². The zero-order valence-corrected chi connectivity index (χ0v) is 37.0. The molecule has 3 aliphatic rings. The van der Waals surface area contributed by atoms with Crippen LogP contribution in [0.15, 0.2) is 0 Å². The first kappa shape index (κ1) is 56.1. The fourth-order valence-corrected chi connectivity index (χ4v) is 9.60. The van der Waals surface area contributed by atoms with Crippen molar-refractivity contribution in [1.82, 2.24) is 21.3 Å². The van der Waals surface area contributed by atoms with Crippen molar-refractivity contribution >= 4 is 64.9 Å². The smallest absolute Gasteiger partial charge is 0.326 e. The van der Waals surface area contributed by atoms with Gasteiger partial charge in [0.05, 0.1) is 37.1 Å². The number of rotatable bonds is 26. The molecular weight excluding hydrogens is 921 g/mol. The normalized spacial score (nSPS) is 34.0. The van der Waals surface area contributed by atoms with Crippen molar-refractivity contribution in [3.05, 3.63) is 0 Å². The molecule has 370 valence electrons. The van der Waals surface area contributed by atoms with E-state index in [4.69, 9.17) is 14.2 Å². The summed E-state index contributed by atoms with van der Waals surface area (Å²) in [5.74, 6) is -4.88. The lowest BCUT2D eigenvalue weighted by atomic mass is 10.0. The van der Waals surface area contributed by atoms with Gasteiger partial charge < -0.3 is 102 Å². The molecule has 0 saturated carbocycles. The molecule has 3 heterocycles. The number of aliphatic carboxylic acids is 1. The van der Waals surface area contributed by atoms with E-state index in [2.05, 4.69) is 21.3 Å². The third-order valence-corrected chi connectivity index (χ3v) is 13.9. The van der Waals surface area contributed by atoms with Crippen LogP contribution in [-0.2, 0) is 38.2 Å². The summed E-state index contributed by atoms with van der Waals surface area (Å²) in [6.45, 7) is -1.77. The molecule has 0 aliphatic carbocycles. The van der Waals surface area contributed by atoms with Gasteiger partial charge in [-0.3, -0.25) is 19.2 Å². The fraction of sp³-hybridized carbons (Fsp3) is 0.861. The fourth-order valence-electron chi connectivity index (χ4n) is 6.63. The van der Waals surface area contributed by atoms with Gasteiger partial charge in [0.1, 0.15) is 102 Å². The molecule has 3 rings (SSSR count). The van der Waals surface area contributed by atoms with E-state index >= 15 is 0 Å². The van der Waals surface area contributed by atoms with E-state index in [0.717, 1.165) is 23.5 Å². The third-order valence-electron chi connectivity index (χ3n) is 10.4. The third kappa shape index (κ3) is 16.8. The number of carboxylic acids is 1. The number of aliphatic hydroxyl groups excluding tert-OH is 12. The molecule has 28 heteroatoms. The Bertz CT molecular complexity index is 1480. The number of hydrogen-bond acceptors (Lipinski definition) is 23. The van der Waals surface area contributed by atoms with Crippen molar-refractivity contribution in [2.24, 2.45) is 0 Å². The van der Waals surface area contributed by atoms with E-state index in [1.165, 1.54) is 0 Å². The number of aliphatic hydroxyl groups is 12. The highest BCUT2D eigenvalue weighted by molar-refractivity contribution is 8.00. The van der Waals surface area contributed by atoms with Crippen LogP contribution < -0.4 is 21.3 Å². The highest BCUT2D eigenvalue weighted by Crippen LogP contribution is 2.30. The molecule has 3 aliphatic heterocycles. The number of hydrogen-bond donors (Lipinski definition) is 17. The van der Waals surface area contributed by atoms with Gasteiger partial charge in [0.2, 0.25) is 23.6 Å². The van der Waals surface area contributed by atoms with Crippen LogP contribution in [0.5, 0.6) is 0 Å². The van der Waals surface area contributed by atoms with Crippen molar-refractivity contribution in [2.75, 3.05) is 50.2 Å². The number of carbonyl (C=O) groups excluding carboxylic acids is 4. The van der Waals surface area contributed by atoms with E-state index < -0.39 is 157 Å². The van der Waals surface area contributed by atoms with Crippen LogP contribution in [0.2, 0.25) is 0 Å². The molecule has 3 fully saturated rings. The molecule has 0 aromatic carbocycles. The van der Waals surface area contributed by atoms with Crippen LogP contribution in [0.3, 0.4) is 0 Å². The summed E-state index contributed by atoms with van der Waals surface area (Å²) in [5, 5.41) is 139. The van der Waals surface area contributed by atoms with Crippen molar-refractivity contribution in [2.45, 2.75) is 140 Å². The lowest BCUT2D eigenvalue weighted by Gasteiger charge is -2.39. The molecule has 4 amide bonds. The van der Waals surface area contributed by atoms with Crippen molar-refractivity contribution in [3.63, 3.8) is 0 Å². The monoisotopic (exact) mass is 982 g/mol. The molecule has 0 radical (unpaired) electrons. The molecule has 3 saturated heterocycles. The summed E-state index contributed by atoms with van der Waals surface area (Å²) in [7, 11) is 0. The van der Waals surface area contributed by atoms with Crippen molar-refractivity contribution < 1.29 is 105 Å². The number of unbranched alkanes of at least 4 members (excludes halogenated alkanes) is 2. The van der Waals surface area contributed by atoms with Crippen LogP contribution in [0.25, 0.3) is 0 Å². The van der Waals surface area contributed by atoms with Gasteiger partial charge in [-0.05, 0) is 38.5 Å². The lowest BCUT2D eigenvalue weighted by Crippen LogP contribution is -2.57. The second-order valence-electron chi connectivity index (χ2n) is 15.2. The quantitative estimate of drug-likeness (QED) is 0.0358. The maximum Gasteiger partial charge on any atom is 0.326 e. The highest BCUT2D eigenvalue weighted by atomic mass is 32.2. The SMILES string of the molecule is O=C(CS[C@H]1O[C@H](CO)[C@@H](O)[C@H](O)[C@@H]1O)NCCCC[C@H](NC(=O)[C@H](CCCCNC(=O)CS[C@H]1O[C@H](CO)[C@@H](O)[C@H](O)[C@@H]1O)NC(=O)CS[C@H]1O[C@H](CO)[C@@H](O)[C@H](O)[C@@H]1O)C(=O)O. The topological polar surface area (TPSA) is 424 Å². The van der Waals surface area contributed by atoms with Crippen LogP contribution in [0.4, 0.5) is 0 Å². The average Bonchev–Trinajstić information content (AvgIpc) is 3.27. The molecule has 0 bridgehead atoms. The Morgan fingerprint density at radius 3 is 1.14 bits per heavy atom. The van der Waals surface area contributed by atoms with Gasteiger partial charge >= 0.3 is 5.97 Å². The molecule has 25 nitrogen and oxygen atoms in total. The molecule has 0 spiro atoms. The maximum atomic E-state index is 13.5. The molecule has 64 heavy (non-hydrogen) atoms. The highest BCUT2D eigenvalue weighted by Gasteiger charge is 2.46. The molecule has 0 aromatic rings. The van der Waals surface area contributed by atoms with Gasteiger partial charge in [-0.2, -0.15) is 0 Å². The van der Waals surface area contributed by atoms with Crippen molar-refractivity contribution in [1.29, 1.82) is 0 Å². The second-order valence-corrected chi connectivity index (χ2v) is 18.5. The Hall–Kier alpha value is -2.20. The van der Waals surface area contributed by atoms with E-state index in [1.807, 2.05) is 0 Å². The first-order valence-corrected chi connectivity index (χ1v) is 23.6. The molecule has 0 unspecified atom stereocenters. The lowest BCUT2D eigenvalue weighted by molar-refractivity contribution is -0.205. The predicted octanol–water partition coefficient (Wildman–Crippen LogP) is -7.79. The maximum absolute atomic E-state index is 13.5. The zero-order valence-electron chi connectivity index (χ0n) is 34.5. The number of amides is 4. The van der Waals surface area contributed by atoms with Gasteiger partial charge in [0, 0.05) is 13.1 Å². The minimum Gasteiger partial charge on any atom is -0.480 e. The van der Waals surface area contributed by atoms with E-state index in [0.29, 0.717) is 11.8 Å². The number of nitrogens with one attached hydrogen (secondary N) is 4. The first-order chi connectivity index (χ1) is 30.3. The first-order valence-electron chi connectivity index (χ1n) is 20.5. The van der Waals surface area contributed by atoms with Gasteiger partial charge in [0.25, 0.3) is 0 Å². The second kappa shape index (κ2) is 28.2. The van der Waals surface area contributed by atoms with Crippen LogP contribution in [0.1, 0.15) is 38.5 Å². The number of carbonyl (C=O) groups is 5. The summed E-state index contributed by atoms with van der Waals surface area (Å²) >= 11 is 2.37. The average molecular weight is 983 g/mol. The Balaban J connectivity index is 1.50. The molecule has 0 aromatic heterocycles.